The van der Waals surface area contributed by atoms with E-state index in [0.717, 1.165) is 65.3 Å². The topological polar surface area (TPSA) is 53.5 Å². The Morgan fingerprint density at radius 2 is 1.50 bits per heavy atom. The highest BCUT2D eigenvalue weighted by molar-refractivity contribution is 9.10. The molecule has 1 aromatic carbocycles. The van der Waals surface area contributed by atoms with Crippen LogP contribution in [0.5, 0.6) is 0 Å². The molecule has 34 heavy (non-hydrogen) atoms. The SMILES string of the molecule is Cc1ccc(C(=O)N2CC[C@@H]3CCCC[C@H]3C2)c(C2CCN(C(=O)c3ccc(Br)cc3)CC2)n1. The molecule has 0 unspecified atom stereocenters. The van der Waals surface area contributed by atoms with Gasteiger partial charge < -0.3 is 9.80 Å². The third kappa shape index (κ3) is 4.93. The van der Waals surface area contributed by atoms with E-state index in [1.54, 1.807) is 0 Å². The summed E-state index contributed by atoms with van der Waals surface area (Å²) in [6.45, 7) is 5.15. The van der Waals surface area contributed by atoms with Gasteiger partial charge in [-0.3, -0.25) is 14.6 Å². The van der Waals surface area contributed by atoms with Crippen molar-refractivity contribution >= 4 is 27.7 Å². The molecule has 5 nitrogen and oxygen atoms in total. The van der Waals surface area contributed by atoms with Gasteiger partial charge in [0.15, 0.2) is 0 Å². The molecule has 1 saturated carbocycles. The Morgan fingerprint density at radius 3 is 2.24 bits per heavy atom. The van der Waals surface area contributed by atoms with Gasteiger partial charge in [-0.1, -0.05) is 35.2 Å². The normalized spacial score (nSPS) is 23.5. The molecule has 2 atom stereocenters. The minimum absolute atomic E-state index is 0.0785. The minimum Gasteiger partial charge on any atom is -0.339 e. The molecule has 0 spiro atoms. The van der Waals surface area contributed by atoms with Gasteiger partial charge in [-0.25, -0.2) is 0 Å². The molecule has 3 heterocycles. The van der Waals surface area contributed by atoms with Crippen LogP contribution in [-0.4, -0.2) is 52.8 Å². The molecule has 0 radical (unpaired) electrons. The molecule has 3 aliphatic rings. The number of fused-ring (bicyclic) bond motifs is 1. The number of aryl methyl sites for hydroxylation is 1. The molecule has 0 bridgehead atoms. The smallest absolute Gasteiger partial charge is 0.255 e. The van der Waals surface area contributed by atoms with Gasteiger partial charge >= 0.3 is 0 Å². The van der Waals surface area contributed by atoms with E-state index in [1.165, 1.54) is 25.7 Å². The van der Waals surface area contributed by atoms with Crippen LogP contribution in [-0.2, 0) is 0 Å². The Bertz CT molecular complexity index is 1050. The van der Waals surface area contributed by atoms with Crippen molar-refractivity contribution in [3.8, 4) is 0 Å². The summed E-state index contributed by atoms with van der Waals surface area (Å²) in [6.07, 6.45) is 8.07. The van der Waals surface area contributed by atoms with Gasteiger partial charge in [0.25, 0.3) is 11.8 Å². The van der Waals surface area contributed by atoms with Crippen LogP contribution < -0.4 is 0 Å². The van der Waals surface area contributed by atoms with Crippen LogP contribution in [0.2, 0.25) is 0 Å². The fourth-order valence-corrected chi connectivity index (χ4v) is 6.42. The Morgan fingerprint density at radius 1 is 0.824 bits per heavy atom. The van der Waals surface area contributed by atoms with Crippen molar-refractivity contribution in [1.82, 2.24) is 14.8 Å². The summed E-state index contributed by atoms with van der Waals surface area (Å²) < 4.78 is 0.971. The number of nitrogens with zero attached hydrogens (tertiary/aromatic N) is 3. The Hall–Kier alpha value is -2.21. The molecule has 0 N–H and O–H groups in total. The zero-order valence-electron chi connectivity index (χ0n) is 20.0. The Balaban J connectivity index is 1.28. The number of aromatic nitrogens is 1. The number of hydrogen-bond acceptors (Lipinski definition) is 3. The number of rotatable bonds is 3. The summed E-state index contributed by atoms with van der Waals surface area (Å²) in [6, 6.07) is 11.5. The number of carbonyl (C=O) groups excluding carboxylic acids is 2. The summed E-state index contributed by atoms with van der Waals surface area (Å²) in [5.41, 5.74) is 3.38. The molecular weight excluding hydrogens is 490 g/mol. The van der Waals surface area contributed by atoms with Gasteiger partial charge in [-0.2, -0.15) is 0 Å². The number of benzene rings is 1. The van der Waals surface area contributed by atoms with Crippen molar-refractivity contribution in [3.63, 3.8) is 0 Å². The van der Waals surface area contributed by atoms with E-state index in [4.69, 9.17) is 4.98 Å². The third-order valence-corrected chi connectivity index (χ3v) is 8.66. The number of carbonyl (C=O) groups is 2. The Kier molecular flexibility index (Phi) is 7.05. The molecular formula is C28H34BrN3O2. The molecule has 5 rings (SSSR count). The van der Waals surface area contributed by atoms with Crippen molar-refractivity contribution < 1.29 is 9.59 Å². The Labute approximate surface area is 211 Å². The lowest BCUT2D eigenvalue weighted by atomic mass is 9.75. The average molecular weight is 525 g/mol. The van der Waals surface area contributed by atoms with Crippen molar-refractivity contribution in [1.29, 1.82) is 0 Å². The molecule has 2 amide bonds. The summed E-state index contributed by atoms with van der Waals surface area (Å²) >= 11 is 3.43. The number of hydrogen-bond donors (Lipinski definition) is 0. The van der Waals surface area contributed by atoms with E-state index >= 15 is 0 Å². The van der Waals surface area contributed by atoms with Gasteiger partial charge in [0, 0.05) is 47.8 Å². The fourth-order valence-electron chi connectivity index (χ4n) is 6.16. The molecule has 2 aromatic rings. The molecule has 2 aliphatic heterocycles. The van der Waals surface area contributed by atoms with E-state index in [2.05, 4.69) is 20.8 Å². The van der Waals surface area contributed by atoms with Gasteiger partial charge in [-0.15, -0.1) is 0 Å². The first-order valence-corrected chi connectivity index (χ1v) is 13.6. The summed E-state index contributed by atoms with van der Waals surface area (Å²) in [5.74, 6) is 1.91. The summed E-state index contributed by atoms with van der Waals surface area (Å²) in [4.78, 5) is 35.5. The van der Waals surface area contributed by atoms with Crippen LogP contribution in [0.15, 0.2) is 40.9 Å². The highest BCUT2D eigenvalue weighted by Crippen LogP contribution is 2.37. The maximum Gasteiger partial charge on any atom is 0.255 e. The second kappa shape index (κ2) is 10.2. The van der Waals surface area contributed by atoms with Crippen molar-refractivity contribution in [2.45, 2.75) is 57.8 Å². The predicted molar refractivity (Wildman–Crippen MR) is 137 cm³/mol. The van der Waals surface area contributed by atoms with Gasteiger partial charge in [-0.05, 0) is 80.8 Å². The van der Waals surface area contributed by atoms with E-state index in [1.807, 2.05) is 48.2 Å². The minimum atomic E-state index is 0.0785. The van der Waals surface area contributed by atoms with E-state index < -0.39 is 0 Å². The first-order valence-electron chi connectivity index (χ1n) is 12.8. The lowest BCUT2D eigenvalue weighted by molar-refractivity contribution is 0.0517. The van der Waals surface area contributed by atoms with Crippen LogP contribution in [0.1, 0.15) is 83.0 Å². The number of amides is 2. The van der Waals surface area contributed by atoms with Gasteiger partial charge in [0.2, 0.25) is 0 Å². The zero-order chi connectivity index (χ0) is 23.7. The van der Waals surface area contributed by atoms with Crippen molar-refractivity contribution in [2.75, 3.05) is 26.2 Å². The van der Waals surface area contributed by atoms with Crippen LogP contribution >= 0.6 is 15.9 Å². The molecule has 1 aliphatic carbocycles. The largest absolute Gasteiger partial charge is 0.339 e. The lowest BCUT2D eigenvalue weighted by Gasteiger charge is -2.41. The summed E-state index contributed by atoms with van der Waals surface area (Å²) in [7, 11) is 0. The molecule has 1 aromatic heterocycles. The third-order valence-electron chi connectivity index (χ3n) is 8.13. The van der Waals surface area contributed by atoms with Crippen molar-refractivity contribution in [3.05, 3.63) is 63.4 Å². The standard InChI is InChI=1S/C28H34BrN3O2/c1-19-6-11-25(28(34)32-17-12-20-4-2-3-5-23(20)18-32)26(30-19)21-13-15-31(16-14-21)27(33)22-7-9-24(29)10-8-22/h6-11,20-21,23H,2-5,12-18H2,1H3/t20-,23-/m0/s1. The first-order chi connectivity index (χ1) is 16.5. The number of likely N-dealkylation sites (tertiary alicyclic amines) is 2. The molecule has 180 valence electrons. The number of halogens is 1. The summed E-state index contributed by atoms with van der Waals surface area (Å²) in [5, 5.41) is 0. The van der Waals surface area contributed by atoms with E-state index in [9.17, 15) is 9.59 Å². The average Bonchev–Trinajstić information content (AvgIpc) is 2.88. The van der Waals surface area contributed by atoms with Crippen LogP contribution in [0, 0.1) is 18.8 Å². The van der Waals surface area contributed by atoms with E-state index in [0.29, 0.717) is 19.0 Å². The highest BCUT2D eigenvalue weighted by Gasteiger charge is 2.35. The number of piperidine rings is 2. The van der Waals surface area contributed by atoms with Crippen LogP contribution in [0.4, 0.5) is 0 Å². The zero-order valence-corrected chi connectivity index (χ0v) is 21.6. The molecule has 3 fully saturated rings. The van der Waals surface area contributed by atoms with Crippen molar-refractivity contribution in [2.24, 2.45) is 11.8 Å². The quantitative estimate of drug-likeness (QED) is 0.508. The van der Waals surface area contributed by atoms with E-state index in [-0.39, 0.29) is 17.7 Å². The van der Waals surface area contributed by atoms with Crippen LogP contribution in [0.25, 0.3) is 0 Å². The predicted octanol–water partition coefficient (Wildman–Crippen LogP) is 5.82. The lowest BCUT2D eigenvalue weighted by Crippen LogP contribution is -2.45. The molecule has 2 saturated heterocycles. The molecule has 6 heteroatoms. The second-order valence-corrected chi connectivity index (χ2v) is 11.2. The maximum atomic E-state index is 13.7. The monoisotopic (exact) mass is 523 g/mol. The first kappa shape index (κ1) is 23.5. The second-order valence-electron chi connectivity index (χ2n) is 10.3. The number of pyridine rings is 1. The van der Waals surface area contributed by atoms with Crippen LogP contribution in [0.3, 0.4) is 0 Å². The van der Waals surface area contributed by atoms with Gasteiger partial charge in [0.05, 0.1) is 11.3 Å². The maximum absolute atomic E-state index is 13.7. The highest BCUT2D eigenvalue weighted by atomic mass is 79.9. The van der Waals surface area contributed by atoms with Gasteiger partial charge in [0.1, 0.15) is 0 Å². The fraction of sp³-hybridized carbons (Fsp3) is 0.536.